The fraction of sp³-hybridized carbons (Fsp3) is 0.412. The highest BCUT2D eigenvalue weighted by atomic mass is 16.1. The molecule has 0 unspecified atom stereocenters. The van der Waals surface area contributed by atoms with Gasteiger partial charge in [-0.05, 0) is 31.7 Å². The van der Waals surface area contributed by atoms with Gasteiger partial charge in [-0.2, -0.15) is 0 Å². The lowest BCUT2D eigenvalue weighted by atomic mass is 10.2. The van der Waals surface area contributed by atoms with Crippen molar-refractivity contribution in [2.75, 3.05) is 38.1 Å². The number of pyridine rings is 1. The lowest BCUT2D eigenvalue weighted by Crippen LogP contribution is -2.44. The molecule has 2 aromatic rings. The van der Waals surface area contributed by atoms with Crippen LogP contribution in [0.2, 0.25) is 0 Å². The summed E-state index contributed by atoms with van der Waals surface area (Å²) in [6, 6.07) is 3.95. The van der Waals surface area contributed by atoms with Gasteiger partial charge in [0, 0.05) is 45.1 Å². The Kier molecular flexibility index (Phi) is 5.00. The van der Waals surface area contributed by atoms with Crippen LogP contribution < -0.4 is 10.2 Å². The molecule has 0 radical (unpaired) electrons. The molecule has 24 heavy (non-hydrogen) atoms. The van der Waals surface area contributed by atoms with Crippen molar-refractivity contribution in [3.05, 3.63) is 47.7 Å². The van der Waals surface area contributed by atoms with Gasteiger partial charge in [0.05, 0.1) is 11.9 Å². The van der Waals surface area contributed by atoms with Crippen molar-refractivity contribution in [2.45, 2.75) is 13.5 Å². The van der Waals surface area contributed by atoms with Crippen LogP contribution >= 0.6 is 0 Å². The first-order valence-electron chi connectivity index (χ1n) is 8.07. The molecule has 1 saturated heterocycles. The van der Waals surface area contributed by atoms with Gasteiger partial charge in [-0.15, -0.1) is 0 Å². The molecule has 1 amide bonds. The minimum absolute atomic E-state index is 0.222. The van der Waals surface area contributed by atoms with Crippen LogP contribution in [-0.4, -0.2) is 59.0 Å². The molecule has 0 aliphatic carbocycles. The largest absolute Gasteiger partial charge is 0.354 e. The van der Waals surface area contributed by atoms with Crippen molar-refractivity contribution in [3.63, 3.8) is 0 Å². The van der Waals surface area contributed by atoms with Crippen LogP contribution in [0.5, 0.6) is 0 Å². The maximum absolute atomic E-state index is 12.1. The zero-order valence-electron chi connectivity index (χ0n) is 14.1. The number of aryl methyl sites for hydroxylation is 1. The monoisotopic (exact) mass is 326 g/mol. The Balaban J connectivity index is 1.60. The van der Waals surface area contributed by atoms with Crippen LogP contribution in [0.4, 0.5) is 5.82 Å². The highest BCUT2D eigenvalue weighted by Gasteiger charge is 2.15. The molecule has 3 heterocycles. The van der Waals surface area contributed by atoms with E-state index in [2.05, 4.69) is 37.1 Å². The van der Waals surface area contributed by atoms with E-state index in [1.165, 1.54) is 6.20 Å². The molecular formula is C17H22N6O. The first-order chi connectivity index (χ1) is 11.6. The number of likely N-dealkylation sites (N-methyl/N-ethyl adjacent to an activating group) is 1. The second kappa shape index (κ2) is 7.35. The molecule has 3 rings (SSSR count). The van der Waals surface area contributed by atoms with Crippen molar-refractivity contribution in [1.82, 2.24) is 25.2 Å². The van der Waals surface area contributed by atoms with Gasteiger partial charge >= 0.3 is 0 Å². The van der Waals surface area contributed by atoms with Gasteiger partial charge in [0.15, 0.2) is 0 Å². The summed E-state index contributed by atoms with van der Waals surface area (Å²) in [7, 11) is 2.13. The van der Waals surface area contributed by atoms with E-state index in [1.807, 2.05) is 19.1 Å². The number of hydrogen-bond donors (Lipinski definition) is 1. The maximum Gasteiger partial charge on any atom is 0.271 e. The number of carbonyl (C=O) groups excluding carboxylic acids is 1. The number of piperazine rings is 1. The van der Waals surface area contributed by atoms with Crippen molar-refractivity contribution in [2.24, 2.45) is 0 Å². The van der Waals surface area contributed by atoms with Crippen molar-refractivity contribution in [1.29, 1.82) is 0 Å². The van der Waals surface area contributed by atoms with E-state index in [0.29, 0.717) is 12.2 Å². The Bertz CT molecular complexity index is 694. The molecule has 0 atom stereocenters. The van der Waals surface area contributed by atoms with Crippen LogP contribution in [0.25, 0.3) is 0 Å². The molecule has 1 aliphatic heterocycles. The fourth-order valence-electron chi connectivity index (χ4n) is 2.56. The average molecular weight is 326 g/mol. The molecule has 1 fully saturated rings. The van der Waals surface area contributed by atoms with Gasteiger partial charge in [0.1, 0.15) is 11.5 Å². The highest BCUT2D eigenvalue weighted by Crippen LogP contribution is 2.14. The SMILES string of the molecule is Cc1cnc(C(=O)NCc2ccnc(N3CCN(C)CC3)c2)cn1. The second-order valence-electron chi connectivity index (χ2n) is 6.04. The van der Waals surface area contributed by atoms with E-state index in [-0.39, 0.29) is 5.91 Å². The highest BCUT2D eigenvalue weighted by molar-refractivity contribution is 5.91. The van der Waals surface area contributed by atoms with Gasteiger partial charge in [-0.25, -0.2) is 9.97 Å². The Morgan fingerprint density at radius 1 is 1.17 bits per heavy atom. The molecule has 0 aromatic carbocycles. The van der Waals surface area contributed by atoms with Gasteiger partial charge in [0.25, 0.3) is 5.91 Å². The third-order valence-corrected chi connectivity index (χ3v) is 4.10. The van der Waals surface area contributed by atoms with Crippen molar-refractivity contribution >= 4 is 11.7 Å². The van der Waals surface area contributed by atoms with Crippen LogP contribution in [-0.2, 0) is 6.54 Å². The van der Waals surface area contributed by atoms with Crippen LogP contribution in [0, 0.1) is 6.92 Å². The minimum atomic E-state index is -0.222. The summed E-state index contributed by atoms with van der Waals surface area (Å²) >= 11 is 0. The summed E-state index contributed by atoms with van der Waals surface area (Å²) in [5, 5.41) is 2.88. The predicted octanol–water partition coefficient (Wildman–Crippen LogP) is 0.862. The van der Waals surface area contributed by atoms with Crippen LogP contribution in [0.1, 0.15) is 21.7 Å². The van der Waals surface area contributed by atoms with Gasteiger partial charge in [-0.3, -0.25) is 9.78 Å². The van der Waals surface area contributed by atoms with E-state index in [1.54, 1.807) is 12.4 Å². The zero-order chi connectivity index (χ0) is 16.9. The Hall–Kier alpha value is -2.54. The average Bonchev–Trinajstić information content (AvgIpc) is 2.61. The van der Waals surface area contributed by atoms with E-state index in [0.717, 1.165) is 43.3 Å². The number of hydrogen-bond acceptors (Lipinski definition) is 6. The first kappa shape index (κ1) is 16.3. The lowest BCUT2D eigenvalue weighted by molar-refractivity contribution is 0.0945. The number of aromatic nitrogens is 3. The Labute approximate surface area is 141 Å². The summed E-state index contributed by atoms with van der Waals surface area (Å²) in [5.41, 5.74) is 2.14. The molecule has 1 aliphatic rings. The van der Waals surface area contributed by atoms with Gasteiger partial charge in [0.2, 0.25) is 0 Å². The lowest BCUT2D eigenvalue weighted by Gasteiger charge is -2.33. The quantitative estimate of drug-likeness (QED) is 0.898. The molecule has 7 heteroatoms. The van der Waals surface area contributed by atoms with Crippen molar-refractivity contribution in [3.8, 4) is 0 Å². The summed E-state index contributed by atoms with van der Waals surface area (Å²) in [4.78, 5) is 29.3. The topological polar surface area (TPSA) is 74.2 Å². The second-order valence-corrected chi connectivity index (χ2v) is 6.04. The van der Waals surface area contributed by atoms with E-state index in [4.69, 9.17) is 0 Å². The summed E-state index contributed by atoms with van der Waals surface area (Å²) in [5.74, 6) is 0.741. The normalized spacial score (nSPS) is 15.3. The summed E-state index contributed by atoms with van der Waals surface area (Å²) in [6.45, 7) is 6.29. The van der Waals surface area contributed by atoms with Crippen LogP contribution in [0.3, 0.4) is 0 Å². The molecule has 7 nitrogen and oxygen atoms in total. The number of amides is 1. The number of nitrogens with zero attached hydrogens (tertiary/aromatic N) is 5. The number of nitrogens with one attached hydrogen (secondary N) is 1. The van der Waals surface area contributed by atoms with Crippen molar-refractivity contribution < 1.29 is 4.79 Å². The van der Waals surface area contributed by atoms with E-state index >= 15 is 0 Å². The van der Waals surface area contributed by atoms with Crippen LogP contribution in [0.15, 0.2) is 30.7 Å². The molecule has 2 aromatic heterocycles. The summed E-state index contributed by atoms with van der Waals surface area (Å²) < 4.78 is 0. The number of anilines is 1. The number of rotatable bonds is 4. The third kappa shape index (κ3) is 4.05. The smallest absolute Gasteiger partial charge is 0.271 e. The fourth-order valence-corrected chi connectivity index (χ4v) is 2.56. The number of carbonyl (C=O) groups is 1. The first-order valence-corrected chi connectivity index (χ1v) is 8.07. The van der Waals surface area contributed by atoms with E-state index < -0.39 is 0 Å². The molecule has 1 N–H and O–H groups in total. The minimum Gasteiger partial charge on any atom is -0.354 e. The molecule has 0 bridgehead atoms. The molecule has 0 saturated carbocycles. The molecule has 126 valence electrons. The standard InChI is InChI=1S/C17H22N6O/c1-13-10-20-15(12-19-13)17(24)21-11-14-3-4-18-16(9-14)23-7-5-22(2)6-8-23/h3-4,9-10,12H,5-8,11H2,1-2H3,(H,21,24). The third-order valence-electron chi connectivity index (χ3n) is 4.10. The maximum atomic E-state index is 12.1. The van der Waals surface area contributed by atoms with Gasteiger partial charge in [-0.1, -0.05) is 0 Å². The summed E-state index contributed by atoms with van der Waals surface area (Å²) in [6.07, 6.45) is 4.88. The molecule has 0 spiro atoms. The molecular weight excluding hydrogens is 304 g/mol. The predicted molar refractivity (Wildman–Crippen MR) is 91.9 cm³/mol. The Morgan fingerprint density at radius 3 is 2.67 bits per heavy atom. The van der Waals surface area contributed by atoms with E-state index in [9.17, 15) is 4.79 Å². The zero-order valence-corrected chi connectivity index (χ0v) is 14.1. The van der Waals surface area contributed by atoms with Gasteiger partial charge < -0.3 is 15.1 Å². The Morgan fingerprint density at radius 2 is 1.96 bits per heavy atom.